The molecule has 0 aliphatic carbocycles. The molecule has 74 valence electrons. The van der Waals surface area contributed by atoms with E-state index in [0.717, 1.165) is 12.8 Å². The van der Waals surface area contributed by atoms with Gasteiger partial charge in [-0.2, -0.15) is 0 Å². The number of rotatable bonds is 6. The Morgan fingerprint density at radius 2 is 2.17 bits per heavy atom. The molecule has 0 amide bonds. The fourth-order valence-corrected chi connectivity index (χ4v) is 0.884. The van der Waals surface area contributed by atoms with Crippen LogP contribution in [0.4, 0.5) is 0 Å². The molecule has 0 saturated heterocycles. The third kappa shape index (κ3) is 6.12. The van der Waals surface area contributed by atoms with E-state index in [1.54, 1.807) is 7.05 Å². The minimum Gasteiger partial charge on any atom is -0.480 e. The lowest BCUT2D eigenvalue weighted by Gasteiger charge is -2.09. The van der Waals surface area contributed by atoms with Crippen molar-refractivity contribution in [3.63, 3.8) is 0 Å². The first-order chi connectivity index (χ1) is 5.22. The number of hydrogen-bond acceptors (Lipinski definition) is 3. The summed E-state index contributed by atoms with van der Waals surface area (Å²) in [6, 6.07) is -0.415. The van der Waals surface area contributed by atoms with Gasteiger partial charge in [-0.15, -0.1) is 0 Å². The Labute approximate surface area is 74.1 Å². The second-order valence-electron chi connectivity index (χ2n) is 2.46. The Kier molecular flexibility index (Phi) is 9.86. The molecule has 12 heavy (non-hydrogen) atoms. The fourth-order valence-electron chi connectivity index (χ4n) is 0.884. The topological polar surface area (TPSA) is 75.3 Å². The van der Waals surface area contributed by atoms with Crippen LogP contribution in [0.3, 0.4) is 0 Å². The van der Waals surface area contributed by atoms with Gasteiger partial charge in [0, 0.05) is 0 Å². The van der Waals surface area contributed by atoms with Crippen LogP contribution in [-0.4, -0.2) is 30.7 Å². The molecule has 4 N–H and O–H groups in total. The Morgan fingerprint density at radius 1 is 1.58 bits per heavy atom. The van der Waals surface area contributed by atoms with Crippen molar-refractivity contribution < 1.29 is 9.90 Å². The van der Waals surface area contributed by atoms with Crippen molar-refractivity contribution in [3.8, 4) is 0 Å². The monoisotopic (exact) mass is 176 g/mol. The maximum absolute atomic E-state index is 10.4. The normalized spacial score (nSPS) is 11.8. The van der Waals surface area contributed by atoms with E-state index in [4.69, 9.17) is 10.8 Å². The molecule has 0 aromatic carbocycles. The highest BCUT2D eigenvalue weighted by Gasteiger charge is 2.12. The highest BCUT2D eigenvalue weighted by Crippen LogP contribution is 1.99. The summed E-state index contributed by atoms with van der Waals surface area (Å²) in [5.41, 5.74) is 5.26. The van der Waals surface area contributed by atoms with Crippen LogP contribution in [0.25, 0.3) is 0 Å². The zero-order valence-corrected chi connectivity index (χ0v) is 6.84. The molecule has 0 aliphatic heterocycles. The van der Waals surface area contributed by atoms with E-state index in [-0.39, 0.29) is 7.43 Å². The first kappa shape index (κ1) is 13.9. The molecular weight excluding hydrogens is 156 g/mol. The highest BCUT2D eigenvalue weighted by atomic mass is 16.4. The average Bonchev–Trinajstić information content (AvgIpc) is 1.97. The first-order valence-electron chi connectivity index (χ1n) is 3.82. The summed E-state index contributed by atoms with van der Waals surface area (Å²) < 4.78 is 0. The molecule has 0 bridgehead atoms. The van der Waals surface area contributed by atoms with E-state index < -0.39 is 12.0 Å². The maximum Gasteiger partial charge on any atom is 0.320 e. The van der Waals surface area contributed by atoms with Crippen molar-refractivity contribution in [1.29, 1.82) is 0 Å². The zero-order valence-electron chi connectivity index (χ0n) is 6.84. The molecule has 0 saturated carbocycles. The van der Waals surface area contributed by atoms with E-state index in [1.165, 1.54) is 0 Å². The van der Waals surface area contributed by atoms with Crippen LogP contribution < -0.4 is 11.1 Å². The average molecular weight is 176 g/mol. The van der Waals surface area contributed by atoms with Crippen LogP contribution in [0.5, 0.6) is 0 Å². The fraction of sp³-hybridized carbons (Fsp3) is 0.875. The Balaban J connectivity index is 0. The third-order valence-electron chi connectivity index (χ3n) is 1.59. The summed E-state index contributed by atoms with van der Waals surface area (Å²) in [4.78, 5) is 10.4. The number of carbonyl (C=O) groups is 1. The van der Waals surface area contributed by atoms with Gasteiger partial charge in [0.15, 0.2) is 0 Å². The van der Waals surface area contributed by atoms with Gasteiger partial charge in [0.1, 0.15) is 6.04 Å². The molecule has 0 unspecified atom stereocenters. The number of likely N-dealkylation sites (N-methyl/N-ethyl adjacent to an activating group) is 1. The number of aliphatic carboxylic acids is 1. The van der Waals surface area contributed by atoms with Gasteiger partial charge in [-0.3, -0.25) is 4.79 Å². The zero-order chi connectivity index (χ0) is 8.69. The van der Waals surface area contributed by atoms with E-state index in [1.807, 2.05) is 0 Å². The van der Waals surface area contributed by atoms with Crippen LogP contribution in [0, 0.1) is 0 Å². The Bertz CT molecular complexity index is 118. The van der Waals surface area contributed by atoms with E-state index in [9.17, 15) is 4.79 Å². The van der Waals surface area contributed by atoms with Gasteiger partial charge in [-0.25, -0.2) is 0 Å². The third-order valence-corrected chi connectivity index (χ3v) is 1.59. The molecule has 4 heteroatoms. The molecule has 0 aromatic rings. The second-order valence-corrected chi connectivity index (χ2v) is 2.46. The summed E-state index contributed by atoms with van der Waals surface area (Å²) in [6.45, 7) is 0.635. The van der Waals surface area contributed by atoms with Gasteiger partial charge in [0.05, 0.1) is 0 Å². The van der Waals surface area contributed by atoms with Crippen LogP contribution in [-0.2, 0) is 4.79 Å². The Hall–Kier alpha value is -0.610. The number of unbranched alkanes of at least 4 members (excludes halogenated alkanes) is 1. The van der Waals surface area contributed by atoms with Crippen molar-refractivity contribution >= 4 is 5.97 Å². The van der Waals surface area contributed by atoms with E-state index in [2.05, 4.69) is 5.32 Å². The molecule has 0 spiro atoms. The van der Waals surface area contributed by atoms with E-state index >= 15 is 0 Å². The lowest BCUT2D eigenvalue weighted by atomic mass is 10.1. The predicted molar refractivity (Wildman–Crippen MR) is 50.1 cm³/mol. The largest absolute Gasteiger partial charge is 0.480 e. The quantitative estimate of drug-likeness (QED) is 0.513. The van der Waals surface area contributed by atoms with Crippen molar-refractivity contribution in [2.45, 2.75) is 32.7 Å². The summed E-state index contributed by atoms with van der Waals surface area (Å²) >= 11 is 0. The van der Waals surface area contributed by atoms with Crippen molar-refractivity contribution in [2.75, 3.05) is 13.6 Å². The van der Waals surface area contributed by atoms with Crippen LogP contribution in [0.1, 0.15) is 26.7 Å². The van der Waals surface area contributed by atoms with Gasteiger partial charge >= 0.3 is 5.97 Å². The summed E-state index contributed by atoms with van der Waals surface area (Å²) in [6.07, 6.45) is 2.42. The van der Waals surface area contributed by atoms with Crippen molar-refractivity contribution in [1.82, 2.24) is 5.32 Å². The lowest BCUT2D eigenvalue weighted by Crippen LogP contribution is -2.33. The predicted octanol–water partition coefficient (Wildman–Crippen LogP) is 0.424. The number of carboxylic acids is 1. The number of hydrogen-bond donors (Lipinski definition) is 3. The molecule has 4 nitrogen and oxygen atoms in total. The minimum atomic E-state index is -0.787. The van der Waals surface area contributed by atoms with Crippen LogP contribution in [0.2, 0.25) is 0 Å². The second kappa shape index (κ2) is 8.49. The van der Waals surface area contributed by atoms with Crippen LogP contribution in [0.15, 0.2) is 0 Å². The van der Waals surface area contributed by atoms with Gasteiger partial charge in [-0.1, -0.05) is 13.8 Å². The van der Waals surface area contributed by atoms with Gasteiger partial charge in [0.2, 0.25) is 0 Å². The standard InChI is InChI=1S/C7H16N2O2.CH4/c1-9-6(7(10)11)4-2-3-5-8;/h6,9H,2-5,8H2,1H3,(H,10,11);1H4/t6-;/m0./s1. The number of carboxylic acid groups (broad SMARTS) is 1. The molecule has 0 rings (SSSR count). The molecule has 0 heterocycles. The maximum atomic E-state index is 10.4. The SMILES string of the molecule is C.CN[C@@H](CCCCN)C(=O)O. The minimum absolute atomic E-state index is 0. The first-order valence-corrected chi connectivity index (χ1v) is 3.82. The molecule has 0 radical (unpaired) electrons. The summed E-state index contributed by atoms with van der Waals surface area (Å²) in [5.74, 6) is -0.787. The summed E-state index contributed by atoms with van der Waals surface area (Å²) in [7, 11) is 1.65. The molecule has 0 aromatic heterocycles. The molecule has 1 atom stereocenters. The van der Waals surface area contributed by atoms with E-state index in [0.29, 0.717) is 13.0 Å². The summed E-state index contributed by atoms with van der Waals surface area (Å²) in [5, 5.41) is 11.3. The van der Waals surface area contributed by atoms with Crippen LogP contribution >= 0.6 is 0 Å². The van der Waals surface area contributed by atoms with Crippen molar-refractivity contribution in [3.05, 3.63) is 0 Å². The van der Waals surface area contributed by atoms with Gasteiger partial charge < -0.3 is 16.2 Å². The molecule has 0 fully saturated rings. The highest BCUT2D eigenvalue weighted by molar-refractivity contribution is 5.73. The Morgan fingerprint density at radius 3 is 2.50 bits per heavy atom. The van der Waals surface area contributed by atoms with Gasteiger partial charge in [0.25, 0.3) is 0 Å². The van der Waals surface area contributed by atoms with Crippen molar-refractivity contribution in [2.24, 2.45) is 5.73 Å². The molecule has 0 aliphatic rings. The lowest BCUT2D eigenvalue weighted by molar-refractivity contribution is -0.139. The smallest absolute Gasteiger partial charge is 0.320 e. The molecular formula is C8H20N2O2. The van der Waals surface area contributed by atoms with Gasteiger partial charge in [-0.05, 0) is 26.4 Å². The number of nitrogens with one attached hydrogen (secondary N) is 1. The number of nitrogens with two attached hydrogens (primary N) is 1.